The predicted octanol–water partition coefficient (Wildman–Crippen LogP) is 1.02. The lowest BCUT2D eigenvalue weighted by Crippen LogP contribution is -2.33. The van der Waals surface area contributed by atoms with Gasteiger partial charge >= 0.3 is 0 Å². The maximum Gasteiger partial charge on any atom is 0.260 e. The Morgan fingerprint density at radius 1 is 1.24 bits per heavy atom. The summed E-state index contributed by atoms with van der Waals surface area (Å²) in [5.41, 5.74) is 0.562. The Morgan fingerprint density at radius 2 is 1.96 bits per heavy atom. The highest BCUT2D eigenvalue weighted by Gasteiger charge is 2.18. The molecule has 2 amide bonds. The summed E-state index contributed by atoms with van der Waals surface area (Å²) in [5.74, 6) is -0.829. The summed E-state index contributed by atoms with van der Waals surface area (Å²) in [6.45, 7) is 1.08. The number of methoxy groups -OCH3 is 1. The minimum atomic E-state index is -0.529. The Bertz CT molecular complexity index is 786. The molecular weight excluding hydrogens is 322 g/mol. The number of pyridine rings is 1. The number of benzene rings is 1. The van der Waals surface area contributed by atoms with Gasteiger partial charge in [-0.05, 0) is 11.6 Å². The summed E-state index contributed by atoms with van der Waals surface area (Å²) in [7, 11) is 3.14. The molecule has 1 heterocycles. The molecule has 2 rings (SSSR count). The van der Waals surface area contributed by atoms with E-state index >= 15 is 0 Å². The quantitative estimate of drug-likeness (QED) is 0.735. The Kier molecular flexibility index (Phi) is 6.47. The van der Waals surface area contributed by atoms with Crippen molar-refractivity contribution in [3.8, 4) is 0 Å². The number of aromatic amines is 1. The van der Waals surface area contributed by atoms with Gasteiger partial charge in [0.2, 0.25) is 0 Å². The third-order valence-electron chi connectivity index (χ3n) is 3.60. The molecule has 132 valence electrons. The smallest absolute Gasteiger partial charge is 0.260 e. The second-order valence-corrected chi connectivity index (χ2v) is 5.53. The maximum absolute atomic E-state index is 12.6. The van der Waals surface area contributed by atoms with Gasteiger partial charge in [0.05, 0.1) is 12.2 Å². The summed E-state index contributed by atoms with van der Waals surface area (Å²) in [6.07, 6.45) is 1.29. The molecule has 7 nitrogen and oxygen atoms in total. The molecule has 0 atom stereocenters. The van der Waals surface area contributed by atoms with Gasteiger partial charge in [-0.2, -0.15) is 0 Å². The van der Waals surface area contributed by atoms with E-state index in [4.69, 9.17) is 4.74 Å². The van der Waals surface area contributed by atoms with Crippen molar-refractivity contribution in [2.45, 2.75) is 6.54 Å². The molecule has 0 saturated carbocycles. The first-order valence-corrected chi connectivity index (χ1v) is 7.82. The number of ether oxygens (including phenoxy) is 1. The van der Waals surface area contributed by atoms with Crippen molar-refractivity contribution in [3.63, 3.8) is 0 Å². The standard InChI is InChI=1S/C18H21N3O4/c1-21(12-13-6-4-3-5-7-13)18(24)15-10-14(11-20-17(15)23)16(22)19-8-9-25-2/h3-7,10-11H,8-9,12H2,1-2H3,(H,19,22)(H,20,23). The van der Waals surface area contributed by atoms with Crippen molar-refractivity contribution >= 4 is 11.8 Å². The Morgan fingerprint density at radius 3 is 2.64 bits per heavy atom. The van der Waals surface area contributed by atoms with Crippen LogP contribution in [-0.4, -0.2) is 49.0 Å². The van der Waals surface area contributed by atoms with Gasteiger partial charge in [-0.1, -0.05) is 30.3 Å². The van der Waals surface area contributed by atoms with E-state index in [0.29, 0.717) is 19.7 Å². The number of rotatable bonds is 7. The van der Waals surface area contributed by atoms with Gasteiger partial charge in [-0.25, -0.2) is 0 Å². The SMILES string of the molecule is COCCNC(=O)c1c[nH]c(=O)c(C(=O)N(C)Cc2ccccc2)c1. The zero-order valence-electron chi connectivity index (χ0n) is 14.2. The van der Waals surface area contributed by atoms with Crippen LogP contribution in [0.4, 0.5) is 0 Å². The van der Waals surface area contributed by atoms with Crippen LogP contribution in [0, 0.1) is 0 Å². The minimum Gasteiger partial charge on any atom is -0.383 e. The zero-order chi connectivity index (χ0) is 18.2. The molecule has 1 aromatic heterocycles. The van der Waals surface area contributed by atoms with E-state index in [1.54, 1.807) is 7.05 Å². The second kappa shape index (κ2) is 8.79. The first-order valence-electron chi connectivity index (χ1n) is 7.82. The Balaban J connectivity index is 2.14. The van der Waals surface area contributed by atoms with Crippen molar-refractivity contribution in [1.29, 1.82) is 0 Å². The molecule has 0 radical (unpaired) electrons. The lowest BCUT2D eigenvalue weighted by atomic mass is 10.1. The van der Waals surface area contributed by atoms with Crippen LogP contribution in [0.3, 0.4) is 0 Å². The summed E-state index contributed by atoms with van der Waals surface area (Å²) in [6, 6.07) is 10.8. The van der Waals surface area contributed by atoms with Gasteiger partial charge in [0.25, 0.3) is 17.4 Å². The fourth-order valence-corrected chi connectivity index (χ4v) is 2.28. The van der Waals surface area contributed by atoms with E-state index in [1.807, 2.05) is 30.3 Å². The first-order chi connectivity index (χ1) is 12.0. The molecule has 0 spiro atoms. The summed E-state index contributed by atoms with van der Waals surface area (Å²) in [4.78, 5) is 40.5. The average Bonchev–Trinajstić information content (AvgIpc) is 2.62. The first kappa shape index (κ1) is 18.4. The lowest BCUT2D eigenvalue weighted by Gasteiger charge is -2.17. The van der Waals surface area contributed by atoms with Crippen LogP contribution in [0.2, 0.25) is 0 Å². The molecule has 2 N–H and O–H groups in total. The molecule has 0 aliphatic rings. The Labute approximate surface area is 145 Å². The topological polar surface area (TPSA) is 91.5 Å². The highest BCUT2D eigenvalue weighted by molar-refractivity contribution is 5.99. The molecule has 25 heavy (non-hydrogen) atoms. The number of aromatic nitrogens is 1. The van der Waals surface area contributed by atoms with Crippen LogP contribution < -0.4 is 10.9 Å². The molecule has 0 saturated heterocycles. The van der Waals surface area contributed by atoms with Crippen molar-refractivity contribution in [2.24, 2.45) is 0 Å². The molecule has 0 bridgehead atoms. The number of H-pyrrole nitrogens is 1. The zero-order valence-corrected chi connectivity index (χ0v) is 14.2. The molecule has 0 aliphatic carbocycles. The maximum atomic E-state index is 12.6. The molecule has 0 aliphatic heterocycles. The van der Waals surface area contributed by atoms with Crippen LogP contribution in [0.15, 0.2) is 47.4 Å². The minimum absolute atomic E-state index is 0.0715. The van der Waals surface area contributed by atoms with E-state index in [9.17, 15) is 14.4 Å². The van der Waals surface area contributed by atoms with Gasteiger partial charge in [-0.15, -0.1) is 0 Å². The summed E-state index contributed by atoms with van der Waals surface area (Å²) in [5, 5.41) is 2.64. The number of hydrogen-bond acceptors (Lipinski definition) is 4. The van der Waals surface area contributed by atoms with Gasteiger partial charge in [0.15, 0.2) is 0 Å². The van der Waals surface area contributed by atoms with Crippen molar-refractivity contribution in [2.75, 3.05) is 27.3 Å². The third-order valence-corrected chi connectivity index (χ3v) is 3.60. The molecule has 0 fully saturated rings. The fraction of sp³-hybridized carbons (Fsp3) is 0.278. The van der Waals surface area contributed by atoms with E-state index in [2.05, 4.69) is 10.3 Å². The number of amides is 2. The molecule has 2 aromatic rings. The molecule has 0 unspecified atom stereocenters. The van der Waals surface area contributed by atoms with E-state index in [1.165, 1.54) is 24.3 Å². The lowest BCUT2D eigenvalue weighted by molar-refractivity contribution is 0.0783. The van der Waals surface area contributed by atoms with Crippen molar-refractivity contribution < 1.29 is 14.3 Å². The van der Waals surface area contributed by atoms with Crippen molar-refractivity contribution in [1.82, 2.24) is 15.2 Å². The van der Waals surface area contributed by atoms with Crippen LogP contribution in [0.5, 0.6) is 0 Å². The summed E-state index contributed by atoms with van der Waals surface area (Å²) < 4.78 is 4.86. The van der Waals surface area contributed by atoms with E-state index < -0.39 is 11.5 Å². The van der Waals surface area contributed by atoms with Crippen LogP contribution in [0.1, 0.15) is 26.3 Å². The van der Waals surface area contributed by atoms with Gasteiger partial charge in [0.1, 0.15) is 5.56 Å². The van der Waals surface area contributed by atoms with Crippen LogP contribution in [-0.2, 0) is 11.3 Å². The second-order valence-electron chi connectivity index (χ2n) is 5.53. The number of carbonyl (C=O) groups excluding carboxylic acids is 2. The van der Waals surface area contributed by atoms with Gasteiger partial charge in [0, 0.05) is 33.4 Å². The predicted molar refractivity (Wildman–Crippen MR) is 93.5 cm³/mol. The van der Waals surface area contributed by atoms with Crippen LogP contribution in [0.25, 0.3) is 0 Å². The Hall–Kier alpha value is -2.93. The number of nitrogens with zero attached hydrogens (tertiary/aromatic N) is 1. The fourth-order valence-electron chi connectivity index (χ4n) is 2.28. The molecule has 7 heteroatoms. The van der Waals surface area contributed by atoms with Crippen molar-refractivity contribution in [3.05, 3.63) is 69.6 Å². The van der Waals surface area contributed by atoms with Gasteiger partial charge in [-0.3, -0.25) is 14.4 Å². The highest BCUT2D eigenvalue weighted by Crippen LogP contribution is 2.07. The average molecular weight is 343 g/mol. The summed E-state index contributed by atoms with van der Waals surface area (Å²) >= 11 is 0. The highest BCUT2D eigenvalue weighted by atomic mass is 16.5. The molecule has 1 aromatic carbocycles. The number of hydrogen-bond donors (Lipinski definition) is 2. The van der Waals surface area contributed by atoms with E-state index in [0.717, 1.165) is 5.56 Å². The normalized spacial score (nSPS) is 10.3. The third kappa shape index (κ3) is 5.02. The number of nitrogens with one attached hydrogen (secondary N) is 2. The van der Waals surface area contributed by atoms with Gasteiger partial charge < -0.3 is 19.9 Å². The number of carbonyl (C=O) groups is 2. The largest absolute Gasteiger partial charge is 0.383 e. The van der Waals surface area contributed by atoms with Crippen LogP contribution >= 0.6 is 0 Å². The monoisotopic (exact) mass is 343 g/mol. The van der Waals surface area contributed by atoms with E-state index in [-0.39, 0.29) is 17.0 Å². The molecular formula is C18H21N3O4.